The molecule has 1 aromatic carbocycles. The van der Waals surface area contributed by atoms with E-state index < -0.39 is 0 Å². The van der Waals surface area contributed by atoms with Crippen molar-refractivity contribution in [3.63, 3.8) is 0 Å². The Kier molecular flexibility index (Phi) is 6.34. The molecule has 0 bridgehead atoms. The van der Waals surface area contributed by atoms with Gasteiger partial charge in [0.25, 0.3) is 0 Å². The van der Waals surface area contributed by atoms with Crippen molar-refractivity contribution in [3.05, 3.63) is 35.9 Å². The Hall–Kier alpha value is -1.43. The molecule has 0 spiro atoms. The monoisotopic (exact) mass is 385 g/mol. The van der Waals surface area contributed by atoms with E-state index >= 15 is 0 Å². The molecule has 154 valence electrons. The van der Waals surface area contributed by atoms with Crippen LogP contribution in [-0.2, 0) is 16.1 Å². The fourth-order valence-electron chi connectivity index (χ4n) is 5.32. The van der Waals surface area contributed by atoms with Gasteiger partial charge in [0.2, 0.25) is 5.91 Å². The molecule has 5 nitrogen and oxygen atoms in total. The number of nitrogens with zero attached hydrogens (tertiary/aromatic N) is 3. The van der Waals surface area contributed by atoms with Crippen LogP contribution in [0.4, 0.5) is 0 Å². The van der Waals surface area contributed by atoms with Gasteiger partial charge in [-0.2, -0.15) is 0 Å². The van der Waals surface area contributed by atoms with Crippen molar-refractivity contribution < 1.29 is 9.53 Å². The lowest BCUT2D eigenvalue weighted by Crippen LogP contribution is -2.59. The molecule has 1 aromatic rings. The van der Waals surface area contributed by atoms with Crippen LogP contribution in [0.1, 0.15) is 37.7 Å². The van der Waals surface area contributed by atoms with Gasteiger partial charge < -0.3 is 14.5 Å². The number of ether oxygens (including phenoxy) is 1. The highest BCUT2D eigenvalue weighted by Gasteiger charge is 2.42. The van der Waals surface area contributed by atoms with E-state index in [4.69, 9.17) is 4.74 Å². The Morgan fingerprint density at radius 3 is 2.75 bits per heavy atom. The third kappa shape index (κ3) is 4.42. The third-order valence-corrected chi connectivity index (χ3v) is 6.91. The maximum absolute atomic E-state index is 13.5. The van der Waals surface area contributed by atoms with Gasteiger partial charge in [-0.1, -0.05) is 30.3 Å². The molecule has 3 fully saturated rings. The van der Waals surface area contributed by atoms with Crippen molar-refractivity contribution in [2.24, 2.45) is 5.92 Å². The third-order valence-electron chi connectivity index (χ3n) is 6.91. The van der Waals surface area contributed by atoms with E-state index in [1.807, 2.05) is 0 Å². The lowest BCUT2D eigenvalue weighted by atomic mass is 9.85. The molecule has 0 N–H and O–H groups in total. The van der Waals surface area contributed by atoms with Gasteiger partial charge >= 0.3 is 0 Å². The van der Waals surface area contributed by atoms with Gasteiger partial charge in [-0.15, -0.1) is 0 Å². The van der Waals surface area contributed by atoms with E-state index in [0.717, 1.165) is 58.3 Å². The predicted octanol–water partition coefficient (Wildman–Crippen LogP) is 2.61. The highest BCUT2D eigenvalue weighted by Crippen LogP contribution is 2.32. The van der Waals surface area contributed by atoms with E-state index in [0.29, 0.717) is 18.6 Å². The van der Waals surface area contributed by atoms with Crippen LogP contribution >= 0.6 is 0 Å². The minimum Gasteiger partial charge on any atom is -0.374 e. The maximum atomic E-state index is 13.5. The fourth-order valence-corrected chi connectivity index (χ4v) is 5.32. The quantitative estimate of drug-likeness (QED) is 0.798. The number of likely N-dealkylation sites (tertiary alicyclic amines) is 1. The molecule has 28 heavy (non-hydrogen) atoms. The number of amides is 1. The molecule has 4 rings (SSSR count). The molecule has 2 aliphatic heterocycles. The van der Waals surface area contributed by atoms with E-state index in [2.05, 4.69) is 59.1 Å². The van der Waals surface area contributed by atoms with Gasteiger partial charge in [-0.25, -0.2) is 0 Å². The summed E-state index contributed by atoms with van der Waals surface area (Å²) in [5.41, 5.74) is 1.34. The van der Waals surface area contributed by atoms with E-state index in [1.165, 1.54) is 5.56 Å². The lowest BCUT2D eigenvalue weighted by Gasteiger charge is -2.48. The molecule has 3 aliphatic rings. The molecule has 2 saturated heterocycles. The van der Waals surface area contributed by atoms with Gasteiger partial charge in [0, 0.05) is 25.7 Å². The molecule has 4 unspecified atom stereocenters. The minimum atomic E-state index is 0.141. The molecule has 1 amide bonds. The summed E-state index contributed by atoms with van der Waals surface area (Å²) in [4.78, 5) is 20.4. The number of piperidine rings is 1. The lowest BCUT2D eigenvalue weighted by molar-refractivity contribution is -0.157. The number of morpholine rings is 1. The maximum Gasteiger partial charge on any atom is 0.227 e. The molecule has 2 heterocycles. The smallest absolute Gasteiger partial charge is 0.227 e. The second-order valence-electron chi connectivity index (χ2n) is 9.00. The Bertz CT molecular complexity index is 651. The number of carbonyl (C=O) groups is 1. The number of hydrogen-bond acceptors (Lipinski definition) is 4. The highest BCUT2D eigenvalue weighted by atomic mass is 16.5. The number of rotatable bonds is 4. The van der Waals surface area contributed by atoms with Gasteiger partial charge in [0.15, 0.2) is 0 Å². The summed E-state index contributed by atoms with van der Waals surface area (Å²) in [6, 6.07) is 11.5. The zero-order valence-corrected chi connectivity index (χ0v) is 17.4. The molecule has 0 aromatic heterocycles. The number of carbonyl (C=O) groups excluding carboxylic acids is 1. The summed E-state index contributed by atoms with van der Waals surface area (Å²) in [5.74, 6) is 0.516. The highest BCUT2D eigenvalue weighted by molar-refractivity contribution is 5.79. The van der Waals surface area contributed by atoms with Crippen LogP contribution in [0.25, 0.3) is 0 Å². The van der Waals surface area contributed by atoms with Crippen LogP contribution < -0.4 is 0 Å². The van der Waals surface area contributed by atoms with E-state index in [1.54, 1.807) is 0 Å². The van der Waals surface area contributed by atoms with Crippen LogP contribution in [0.5, 0.6) is 0 Å². The summed E-state index contributed by atoms with van der Waals surface area (Å²) in [7, 11) is 4.31. The Labute approximate surface area is 169 Å². The molecule has 0 radical (unpaired) electrons. The first-order chi connectivity index (χ1) is 13.6. The Morgan fingerprint density at radius 2 is 1.96 bits per heavy atom. The topological polar surface area (TPSA) is 36.0 Å². The fraction of sp³-hybridized carbons (Fsp3) is 0.696. The first-order valence-corrected chi connectivity index (χ1v) is 11.0. The average Bonchev–Trinajstić information content (AvgIpc) is 2.73. The van der Waals surface area contributed by atoms with Gasteiger partial charge in [-0.05, 0) is 58.3 Å². The summed E-state index contributed by atoms with van der Waals surface area (Å²) in [6.07, 6.45) is 5.63. The second-order valence-corrected chi connectivity index (χ2v) is 9.00. The molecular weight excluding hydrogens is 350 g/mol. The predicted molar refractivity (Wildman–Crippen MR) is 111 cm³/mol. The van der Waals surface area contributed by atoms with Crippen molar-refractivity contribution in [2.45, 2.75) is 56.8 Å². The molecule has 5 heteroatoms. The van der Waals surface area contributed by atoms with Crippen molar-refractivity contribution in [1.82, 2.24) is 14.7 Å². The van der Waals surface area contributed by atoms with Crippen LogP contribution in [-0.4, -0.2) is 79.1 Å². The van der Waals surface area contributed by atoms with Gasteiger partial charge in [-0.3, -0.25) is 9.69 Å². The minimum absolute atomic E-state index is 0.141. The van der Waals surface area contributed by atoms with Crippen LogP contribution in [0.2, 0.25) is 0 Å². The normalized spacial score (nSPS) is 31.6. The first kappa shape index (κ1) is 19.9. The Balaban J connectivity index is 1.38. The van der Waals surface area contributed by atoms with Gasteiger partial charge in [0.1, 0.15) is 0 Å². The molecule has 4 atom stereocenters. The zero-order chi connectivity index (χ0) is 19.5. The molecular formula is C23H35N3O2. The first-order valence-electron chi connectivity index (χ1n) is 11.0. The molecule has 1 aliphatic carbocycles. The summed E-state index contributed by atoms with van der Waals surface area (Å²) in [6.45, 7) is 4.39. The average molecular weight is 386 g/mol. The number of hydrogen-bond donors (Lipinski definition) is 0. The number of benzene rings is 1. The van der Waals surface area contributed by atoms with Crippen LogP contribution in [0.3, 0.4) is 0 Å². The summed E-state index contributed by atoms with van der Waals surface area (Å²) < 4.78 is 6.10. The number of fused-ring (bicyclic) bond motifs is 1. The van der Waals surface area contributed by atoms with E-state index in [-0.39, 0.29) is 18.1 Å². The largest absolute Gasteiger partial charge is 0.374 e. The van der Waals surface area contributed by atoms with Crippen molar-refractivity contribution in [3.8, 4) is 0 Å². The van der Waals surface area contributed by atoms with Crippen molar-refractivity contribution in [2.75, 3.05) is 40.3 Å². The zero-order valence-electron chi connectivity index (χ0n) is 17.4. The Morgan fingerprint density at radius 1 is 1.14 bits per heavy atom. The van der Waals surface area contributed by atoms with Gasteiger partial charge in [0.05, 0.1) is 24.7 Å². The standard InChI is InChI=1S/C23H35N3O2/c1-24(2)20-10-11-21-22(15-20)28-14-13-26(21)23(27)19-9-6-12-25(17-19)16-18-7-4-3-5-8-18/h3-5,7-8,19-22H,6,9-17H2,1-2H3. The van der Waals surface area contributed by atoms with Crippen molar-refractivity contribution >= 4 is 5.91 Å². The van der Waals surface area contributed by atoms with Crippen LogP contribution in [0, 0.1) is 5.92 Å². The van der Waals surface area contributed by atoms with E-state index in [9.17, 15) is 4.79 Å². The second kappa shape index (κ2) is 8.93. The summed E-state index contributed by atoms with van der Waals surface area (Å²) in [5, 5.41) is 0. The van der Waals surface area contributed by atoms with Crippen LogP contribution in [0.15, 0.2) is 30.3 Å². The molecule has 1 saturated carbocycles. The summed E-state index contributed by atoms with van der Waals surface area (Å²) >= 11 is 0. The SMILES string of the molecule is CN(C)C1CCC2C(C1)OCCN2C(=O)C1CCCN(Cc2ccccc2)C1. The van der Waals surface area contributed by atoms with Crippen molar-refractivity contribution in [1.29, 1.82) is 0 Å².